The third kappa shape index (κ3) is 6.88. The Bertz CT molecular complexity index is 935. The van der Waals surface area contributed by atoms with Gasteiger partial charge in [-0.15, -0.1) is 6.58 Å². The van der Waals surface area contributed by atoms with Gasteiger partial charge in [-0.25, -0.2) is 13.1 Å². The van der Waals surface area contributed by atoms with Crippen molar-refractivity contribution in [2.24, 2.45) is 5.92 Å². The second-order valence-electron chi connectivity index (χ2n) is 6.75. The number of rotatable bonds is 10. The number of hydrogen-bond donors (Lipinski definition) is 3. The van der Waals surface area contributed by atoms with Crippen molar-refractivity contribution in [2.45, 2.75) is 25.6 Å². The molecule has 0 radical (unpaired) electrons. The summed E-state index contributed by atoms with van der Waals surface area (Å²) in [5.74, 6) is -1.07. The standard InChI is InChI=1S/C20H25N3O5S/c1-4-11-21-29(26,27)13-15-7-9-16(10-8-15)22-20(25)18(14(2)3)23-19(24)17-6-5-12-28-17/h4-10,12,14,18,21H,1,11,13H2,2-3H3,(H,22,25)(H,23,24). The van der Waals surface area contributed by atoms with E-state index in [0.717, 1.165) is 0 Å². The Hall–Kier alpha value is -2.91. The van der Waals surface area contributed by atoms with E-state index in [1.54, 1.807) is 30.3 Å². The van der Waals surface area contributed by atoms with Crippen LogP contribution >= 0.6 is 0 Å². The van der Waals surface area contributed by atoms with Crippen molar-refractivity contribution < 1.29 is 22.4 Å². The van der Waals surface area contributed by atoms with Crippen molar-refractivity contribution in [2.75, 3.05) is 11.9 Å². The highest BCUT2D eigenvalue weighted by atomic mass is 32.2. The topological polar surface area (TPSA) is 118 Å². The highest BCUT2D eigenvalue weighted by Gasteiger charge is 2.25. The lowest BCUT2D eigenvalue weighted by Gasteiger charge is -2.21. The van der Waals surface area contributed by atoms with Crippen LogP contribution in [0.1, 0.15) is 30.0 Å². The van der Waals surface area contributed by atoms with Crippen LogP contribution in [0.25, 0.3) is 0 Å². The third-order valence-corrected chi connectivity index (χ3v) is 5.33. The molecule has 0 fully saturated rings. The first-order chi connectivity index (χ1) is 13.7. The second-order valence-corrected chi connectivity index (χ2v) is 8.56. The lowest BCUT2D eigenvalue weighted by molar-refractivity contribution is -0.118. The lowest BCUT2D eigenvalue weighted by atomic mass is 10.0. The fourth-order valence-electron chi connectivity index (χ4n) is 2.52. The summed E-state index contributed by atoms with van der Waals surface area (Å²) in [4.78, 5) is 24.8. The minimum Gasteiger partial charge on any atom is -0.459 e. The Morgan fingerprint density at radius 1 is 1.17 bits per heavy atom. The van der Waals surface area contributed by atoms with E-state index in [4.69, 9.17) is 4.42 Å². The molecule has 1 aromatic heterocycles. The molecular weight excluding hydrogens is 394 g/mol. The van der Waals surface area contributed by atoms with Crippen molar-refractivity contribution in [1.82, 2.24) is 10.0 Å². The molecule has 3 N–H and O–H groups in total. The minimum atomic E-state index is -3.46. The van der Waals surface area contributed by atoms with Crippen molar-refractivity contribution in [3.63, 3.8) is 0 Å². The van der Waals surface area contributed by atoms with Gasteiger partial charge in [0.2, 0.25) is 15.9 Å². The zero-order valence-corrected chi connectivity index (χ0v) is 17.2. The van der Waals surface area contributed by atoms with Gasteiger partial charge in [0.05, 0.1) is 12.0 Å². The molecule has 2 rings (SSSR count). The number of nitrogens with one attached hydrogen (secondary N) is 3. The van der Waals surface area contributed by atoms with Crippen molar-refractivity contribution in [1.29, 1.82) is 0 Å². The highest BCUT2D eigenvalue weighted by molar-refractivity contribution is 7.88. The van der Waals surface area contributed by atoms with Gasteiger partial charge < -0.3 is 15.1 Å². The molecular formula is C20H25N3O5S. The molecule has 0 aliphatic rings. The summed E-state index contributed by atoms with van der Waals surface area (Å²) in [7, 11) is -3.46. The van der Waals surface area contributed by atoms with Gasteiger partial charge in [-0.2, -0.15) is 0 Å². The SMILES string of the molecule is C=CCNS(=O)(=O)Cc1ccc(NC(=O)C(NC(=O)c2ccco2)C(C)C)cc1. The van der Waals surface area contributed by atoms with Crippen LogP contribution in [0.5, 0.6) is 0 Å². The number of anilines is 1. The number of carbonyl (C=O) groups excluding carboxylic acids is 2. The average Bonchev–Trinajstić information content (AvgIpc) is 3.20. The monoisotopic (exact) mass is 419 g/mol. The van der Waals surface area contributed by atoms with E-state index in [2.05, 4.69) is 21.9 Å². The zero-order valence-electron chi connectivity index (χ0n) is 16.3. The number of furan rings is 1. The smallest absolute Gasteiger partial charge is 0.287 e. The summed E-state index contributed by atoms with van der Waals surface area (Å²) in [6, 6.07) is 8.80. The van der Waals surface area contributed by atoms with Crippen LogP contribution in [-0.2, 0) is 20.6 Å². The predicted molar refractivity (Wildman–Crippen MR) is 111 cm³/mol. The van der Waals surface area contributed by atoms with Gasteiger partial charge >= 0.3 is 0 Å². The van der Waals surface area contributed by atoms with Gasteiger partial charge in [0.1, 0.15) is 6.04 Å². The molecule has 0 aliphatic heterocycles. The van der Waals surface area contributed by atoms with Gasteiger partial charge in [-0.05, 0) is 35.7 Å². The van der Waals surface area contributed by atoms with Crippen LogP contribution in [0.4, 0.5) is 5.69 Å². The van der Waals surface area contributed by atoms with E-state index in [9.17, 15) is 18.0 Å². The first-order valence-corrected chi connectivity index (χ1v) is 10.7. The van der Waals surface area contributed by atoms with Gasteiger partial charge in [0.15, 0.2) is 5.76 Å². The molecule has 0 spiro atoms. The summed E-state index contributed by atoms with van der Waals surface area (Å²) in [5.41, 5.74) is 1.07. The van der Waals surface area contributed by atoms with Gasteiger partial charge in [-0.1, -0.05) is 32.1 Å². The molecule has 0 saturated heterocycles. The van der Waals surface area contributed by atoms with E-state index < -0.39 is 22.0 Å². The summed E-state index contributed by atoms with van der Waals surface area (Å²) < 4.78 is 31.3. The maximum atomic E-state index is 12.6. The predicted octanol–water partition coefficient (Wildman–Crippen LogP) is 2.28. The number of hydrogen-bond acceptors (Lipinski definition) is 5. The third-order valence-electron chi connectivity index (χ3n) is 4.01. The molecule has 2 amide bonds. The second kappa shape index (κ2) is 10.0. The minimum absolute atomic E-state index is 0.124. The molecule has 1 aromatic carbocycles. The van der Waals surface area contributed by atoms with Crippen molar-refractivity contribution >= 4 is 27.5 Å². The summed E-state index contributed by atoms with van der Waals surface area (Å²) in [6.45, 7) is 7.27. The number of carbonyl (C=O) groups is 2. The van der Waals surface area contributed by atoms with Crippen LogP contribution in [0.15, 0.2) is 59.7 Å². The molecule has 1 atom stereocenters. The van der Waals surface area contributed by atoms with Crippen LogP contribution in [0, 0.1) is 5.92 Å². The van der Waals surface area contributed by atoms with Gasteiger partial charge in [0.25, 0.3) is 5.91 Å². The fraction of sp³-hybridized carbons (Fsp3) is 0.300. The first kappa shape index (κ1) is 22.4. The molecule has 1 heterocycles. The first-order valence-electron chi connectivity index (χ1n) is 9.04. The molecule has 0 bridgehead atoms. The van der Waals surface area contributed by atoms with Gasteiger partial charge in [-0.3, -0.25) is 9.59 Å². The largest absolute Gasteiger partial charge is 0.459 e. The highest BCUT2D eigenvalue weighted by Crippen LogP contribution is 2.14. The molecule has 2 aromatic rings. The molecule has 0 saturated carbocycles. The Labute approximate surface area is 170 Å². The van der Waals surface area contributed by atoms with E-state index in [-0.39, 0.29) is 29.9 Å². The molecule has 29 heavy (non-hydrogen) atoms. The summed E-state index contributed by atoms with van der Waals surface area (Å²) in [6.07, 6.45) is 2.85. The Kier molecular flexibility index (Phi) is 7.74. The quantitative estimate of drug-likeness (QED) is 0.511. The van der Waals surface area contributed by atoms with Gasteiger partial charge in [0, 0.05) is 12.2 Å². The Balaban J connectivity index is 2.00. The average molecular weight is 420 g/mol. The Morgan fingerprint density at radius 2 is 1.86 bits per heavy atom. The zero-order chi connectivity index (χ0) is 21.4. The van der Waals surface area contributed by atoms with E-state index >= 15 is 0 Å². The van der Waals surface area contributed by atoms with Crippen LogP contribution in [0.3, 0.4) is 0 Å². The molecule has 8 nitrogen and oxygen atoms in total. The van der Waals surface area contributed by atoms with E-state index in [1.165, 1.54) is 18.4 Å². The lowest BCUT2D eigenvalue weighted by Crippen LogP contribution is -2.47. The Morgan fingerprint density at radius 3 is 2.41 bits per heavy atom. The number of sulfonamides is 1. The van der Waals surface area contributed by atoms with Crippen LogP contribution < -0.4 is 15.4 Å². The summed E-state index contributed by atoms with van der Waals surface area (Å²) in [5, 5.41) is 5.40. The molecule has 156 valence electrons. The molecule has 9 heteroatoms. The van der Waals surface area contributed by atoms with Crippen molar-refractivity contribution in [3.05, 3.63) is 66.6 Å². The number of benzene rings is 1. The van der Waals surface area contributed by atoms with E-state index in [0.29, 0.717) is 11.3 Å². The molecule has 0 aliphatic carbocycles. The maximum absolute atomic E-state index is 12.6. The normalized spacial score (nSPS) is 12.4. The van der Waals surface area contributed by atoms with E-state index in [1.807, 2.05) is 13.8 Å². The van der Waals surface area contributed by atoms with Crippen LogP contribution in [-0.4, -0.2) is 32.8 Å². The maximum Gasteiger partial charge on any atom is 0.287 e. The van der Waals surface area contributed by atoms with Crippen LogP contribution in [0.2, 0.25) is 0 Å². The summed E-state index contributed by atoms with van der Waals surface area (Å²) >= 11 is 0. The molecule has 1 unspecified atom stereocenters. The fourth-order valence-corrected chi connectivity index (χ4v) is 3.62. The van der Waals surface area contributed by atoms with Crippen molar-refractivity contribution in [3.8, 4) is 0 Å². The number of amides is 2.